The lowest BCUT2D eigenvalue weighted by atomic mass is 9.83. The van der Waals surface area contributed by atoms with E-state index in [0.29, 0.717) is 0 Å². The molecule has 0 spiro atoms. The van der Waals surface area contributed by atoms with Crippen molar-refractivity contribution in [3.63, 3.8) is 0 Å². The van der Waals surface area contributed by atoms with Crippen molar-refractivity contribution < 1.29 is 4.79 Å². The van der Waals surface area contributed by atoms with E-state index < -0.39 is 0 Å². The van der Waals surface area contributed by atoms with Gasteiger partial charge in [0.2, 0.25) is 5.91 Å². The van der Waals surface area contributed by atoms with E-state index in [1.807, 2.05) is 17.8 Å². The Bertz CT molecular complexity index is 482. The second-order valence-electron chi connectivity index (χ2n) is 6.92. The van der Waals surface area contributed by atoms with Gasteiger partial charge < -0.3 is 5.32 Å². The van der Waals surface area contributed by atoms with Gasteiger partial charge in [-0.3, -0.25) is 4.79 Å². The van der Waals surface area contributed by atoms with Crippen LogP contribution in [0.1, 0.15) is 53.7 Å². The highest BCUT2D eigenvalue weighted by Crippen LogP contribution is 2.27. The van der Waals surface area contributed by atoms with Crippen molar-refractivity contribution >= 4 is 5.91 Å². The van der Waals surface area contributed by atoms with Crippen LogP contribution in [-0.2, 0) is 15.7 Å². The first kappa shape index (κ1) is 16.4. The molecule has 0 bridgehead atoms. The van der Waals surface area contributed by atoms with Crippen LogP contribution in [0.4, 0.5) is 0 Å². The Morgan fingerprint density at radius 1 is 1.45 bits per heavy atom. The second kappa shape index (κ2) is 5.77. The van der Waals surface area contributed by atoms with Gasteiger partial charge in [-0.1, -0.05) is 25.6 Å². The molecule has 0 fully saturated rings. The van der Waals surface area contributed by atoms with Gasteiger partial charge in [-0.25, -0.2) is 4.68 Å². The van der Waals surface area contributed by atoms with Crippen LogP contribution >= 0.6 is 0 Å². The van der Waals surface area contributed by atoms with Crippen molar-refractivity contribution in [1.82, 2.24) is 20.3 Å². The molecular weight excluding hydrogens is 252 g/mol. The minimum absolute atomic E-state index is 0.0512. The largest absolute Gasteiger partial charge is 0.350 e. The summed E-state index contributed by atoms with van der Waals surface area (Å²) in [5.41, 5.74) is 0.702. The minimum atomic E-state index is -0.155. The molecule has 20 heavy (non-hydrogen) atoms. The number of hydrogen-bond acceptors (Lipinski definition) is 3. The van der Waals surface area contributed by atoms with E-state index in [0.717, 1.165) is 12.1 Å². The third-order valence-corrected chi connectivity index (χ3v) is 3.26. The summed E-state index contributed by atoms with van der Waals surface area (Å²) < 4.78 is 1.87. The van der Waals surface area contributed by atoms with Crippen molar-refractivity contribution in [1.29, 1.82) is 0 Å². The maximum absolute atomic E-state index is 11.3. The van der Waals surface area contributed by atoms with Gasteiger partial charge in [0, 0.05) is 17.7 Å². The lowest BCUT2D eigenvalue weighted by Gasteiger charge is -2.26. The fourth-order valence-electron chi connectivity index (χ4n) is 2.12. The quantitative estimate of drug-likeness (QED) is 0.841. The summed E-state index contributed by atoms with van der Waals surface area (Å²) >= 11 is 0. The number of nitrogens with zero attached hydrogens (tertiary/aromatic N) is 3. The molecule has 1 N–H and O–H groups in total. The van der Waals surface area contributed by atoms with Gasteiger partial charge in [-0.2, -0.15) is 0 Å². The Morgan fingerprint density at radius 2 is 2.05 bits per heavy atom. The van der Waals surface area contributed by atoms with Gasteiger partial charge in [0.25, 0.3) is 0 Å². The molecule has 5 nitrogen and oxygen atoms in total. The first-order chi connectivity index (χ1) is 9.06. The lowest BCUT2D eigenvalue weighted by molar-refractivity contribution is -0.117. The fourth-order valence-corrected chi connectivity index (χ4v) is 2.12. The zero-order valence-corrected chi connectivity index (χ0v) is 13.4. The Hall–Kier alpha value is -1.65. The van der Waals surface area contributed by atoms with Gasteiger partial charge in [0.05, 0.1) is 11.2 Å². The molecule has 0 saturated carbocycles. The summed E-state index contributed by atoms with van der Waals surface area (Å²) in [6.45, 7) is 15.9. The third-order valence-electron chi connectivity index (χ3n) is 3.26. The van der Waals surface area contributed by atoms with E-state index in [-0.39, 0.29) is 22.9 Å². The molecule has 0 radical (unpaired) electrons. The van der Waals surface area contributed by atoms with Gasteiger partial charge in [0.1, 0.15) is 0 Å². The Morgan fingerprint density at radius 3 is 2.50 bits per heavy atom. The number of aromatic nitrogens is 3. The van der Waals surface area contributed by atoms with Gasteiger partial charge in [0.15, 0.2) is 0 Å². The molecule has 1 rings (SSSR count). The second-order valence-corrected chi connectivity index (χ2v) is 6.92. The van der Waals surface area contributed by atoms with Gasteiger partial charge in [-0.15, -0.1) is 5.10 Å². The minimum Gasteiger partial charge on any atom is -0.350 e. The van der Waals surface area contributed by atoms with E-state index in [9.17, 15) is 4.79 Å². The van der Waals surface area contributed by atoms with Crippen LogP contribution in [0.15, 0.2) is 18.9 Å². The number of carbonyl (C=O) groups excluding carboxylic acids is 1. The SMILES string of the molecule is C=CC(=O)NC(C)CC(C)(C)c1cn(C(C)(C)C)nn1. The maximum Gasteiger partial charge on any atom is 0.243 e. The van der Waals surface area contributed by atoms with Crippen molar-refractivity contribution in [3.05, 3.63) is 24.5 Å². The van der Waals surface area contributed by atoms with E-state index in [2.05, 4.69) is 56.8 Å². The first-order valence-electron chi connectivity index (χ1n) is 6.92. The summed E-state index contributed by atoms with van der Waals surface area (Å²) in [5.74, 6) is -0.147. The molecule has 1 unspecified atom stereocenters. The Labute approximate surface area is 121 Å². The van der Waals surface area contributed by atoms with E-state index in [1.165, 1.54) is 6.08 Å². The van der Waals surface area contributed by atoms with E-state index in [1.54, 1.807) is 0 Å². The van der Waals surface area contributed by atoms with Crippen LogP contribution in [0.2, 0.25) is 0 Å². The van der Waals surface area contributed by atoms with Crippen LogP contribution in [0.25, 0.3) is 0 Å². The molecule has 112 valence electrons. The van der Waals surface area contributed by atoms with Crippen LogP contribution in [0.3, 0.4) is 0 Å². The summed E-state index contributed by atoms with van der Waals surface area (Å²) in [7, 11) is 0. The molecule has 5 heteroatoms. The lowest BCUT2D eigenvalue weighted by Crippen LogP contribution is -2.36. The zero-order valence-electron chi connectivity index (χ0n) is 13.4. The number of rotatable bonds is 5. The van der Waals surface area contributed by atoms with Gasteiger partial charge >= 0.3 is 0 Å². The molecule has 0 aliphatic carbocycles. The van der Waals surface area contributed by atoms with Crippen LogP contribution in [0.5, 0.6) is 0 Å². The predicted octanol–water partition coefficient (Wildman–Crippen LogP) is 2.39. The number of hydrogen-bond donors (Lipinski definition) is 1. The topological polar surface area (TPSA) is 59.8 Å². The normalized spacial score (nSPS) is 13.9. The predicted molar refractivity (Wildman–Crippen MR) is 80.5 cm³/mol. The highest BCUT2D eigenvalue weighted by molar-refractivity contribution is 5.87. The summed E-state index contributed by atoms with van der Waals surface area (Å²) in [5, 5.41) is 11.4. The molecular formula is C15H26N4O. The van der Waals surface area contributed by atoms with Crippen molar-refractivity contribution in [2.45, 2.75) is 65.0 Å². The Balaban J connectivity index is 2.80. The molecule has 1 heterocycles. The summed E-state index contributed by atoms with van der Waals surface area (Å²) in [6, 6.07) is 0.0512. The van der Waals surface area contributed by atoms with E-state index in [4.69, 9.17) is 0 Å². The Kier molecular flexibility index (Phi) is 4.73. The molecule has 0 saturated heterocycles. The summed E-state index contributed by atoms with van der Waals surface area (Å²) in [6.07, 6.45) is 4.07. The standard InChI is InChI=1S/C15H26N4O/c1-8-13(20)16-11(2)9-15(6,7)12-10-19(18-17-12)14(3,4)5/h8,10-11H,1,9H2,2-7H3,(H,16,20). The zero-order chi connectivity index (χ0) is 15.6. The van der Waals surface area contributed by atoms with Crippen LogP contribution in [0, 0.1) is 0 Å². The smallest absolute Gasteiger partial charge is 0.243 e. The number of carbonyl (C=O) groups is 1. The number of nitrogens with one attached hydrogen (secondary N) is 1. The monoisotopic (exact) mass is 278 g/mol. The highest BCUT2D eigenvalue weighted by atomic mass is 16.1. The summed E-state index contributed by atoms with van der Waals surface area (Å²) in [4.78, 5) is 11.3. The van der Waals surface area contributed by atoms with Gasteiger partial charge in [-0.05, 0) is 40.2 Å². The highest BCUT2D eigenvalue weighted by Gasteiger charge is 2.28. The average molecular weight is 278 g/mol. The molecule has 0 aromatic carbocycles. The molecule has 1 atom stereocenters. The fraction of sp³-hybridized carbons (Fsp3) is 0.667. The molecule has 1 aromatic heterocycles. The number of amides is 1. The van der Waals surface area contributed by atoms with Crippen molar-refractivity contribution in [2.75, 3.05) is 0 Å². The molecule has 0 aliphatic rings. The maximum atomic E-state index is 11.3. The van der Waals surface area contributed by atoms with E-state index >= 15 is 0 Å². The molecule has 1 amide bonds. The van der Waals surface area contributed by atoms with Crippen molar-refractivity contribution in [3.8, 4) is 0 Å². The first-order valence-corrected chi connectivity index (χ1v) is 6.92. The molecule has 0 aliphatic heterocycles. The third kappa shape index (κ3) is 4.18. The molecule has 1 aromatic rings. The van der Waals surface area contributed by atoms with Crippen LogP contribution in [-0.4, -0.2) is 26.9 Å². The van der Waals surface area contributed by atoms with Crippen molar-refractivity contribution in [2.24, 2.45) is 0 Å². The average Bonchev–Trinajstić information content (AvgIpc) is 2.77. The van der Waals surface area contributed by atoms with Crippen LogP contribution < -0.4 is 5.32 Å².